The van der Waals surface area contributed by atoms with Crippen molar-refractivity contribution in [2.75, 3.05) is 13.7 Å². The minimum absolute atomic E-state index is 0.158. The Kier molecular flexibility index (Phi) is 3.84. The van der Waals surface area contributed by atoms with E-state index in [2.05, 4.69) is 6.92 Å². The van der Waals surface area contributed by atoms with E-state index >= 15 is 0 Å². The van der Waals surface area contributed by atoms with Crippen molar-refractivity contribution in [3.63, 3.8) is 0 Å². The van der Waals surface area contributed by atoms with Crippen LogP contribution in [0.1, 0.15) is 46.0 Å². The number of ether oxygens (including phenoxy) is 2. The van der Waals surface area contributed by atoms with Crippen molar-refractivity contribution in [1.29, 1.82) is 0 Å². The lowest BCUT2D eigenvalue weighted by atomic mass is 9.65. The van der Waals surface area contributed by atoms with E-state index in [1.165, 1.54) is 6.42 Å². The molecule has 1 spiro atoms. The topological polar surface area (TPSA) is 57.2 Å². The van der Waals surface area contributed by atoms with Crippen molar-refractivity contribution in [3.05, 3.63) is 0 Å². The fourth-order valence-electron chi connectivity index (χ4n) is 4.33. The Hall–Kier alpha value is -0.200. The van der Waals surface area contributed by atoms with Crippen LogP contribution in [0.2, 0.25) is 0 Å². The molecule has 3 aliphatic heterocycles. The molecule has 2 bridgehead atoms. The summed E-state index contributed by atoms with van der Waals surface area (Å²) in [4.78, 5) is 11.7. The Morgan fingerprint density at radius 1 is 1.30 bits per heavy atom. The number of hydrogen-bond donors (Lipinski definition) is 1. The molecule has 4 rings (SSSR count). The van der Waals surface area contributed by atoms with Gasteiger partial charge in [-0.15, -0.1) is 0 Å². The van der Waals surface area contributed by atoms with E-state index in [1.807, 2.05) is 6.92 Å². The smallest absolute Gasteiger partial charge is 0.204 e. The first-order valence-electron chi connectivity index (χ1n) is 7.75. The molecule has 0 amide bonds. The second-order valence-corrected chi connectivity index (χ2v) is 6.70. The maximum atomic E-state index is 9.39. The van der Waals surface area contributed by atoms with Gasteiger partial charge in [0.05, 0.1) is 0 Å². The molecule has 3 saturated heterocycles. The van der Waals surface area contributed by atoms with Crippen LogP contribution in [0.3, 0.4) is 0 Å². The number of rotatable bonds is 3. The zero-order valence-corrected chi connectivity index (χ0v) is 12.6. The second kappa shape index (κ2) is 5.21. The van der Waals surface area contributed by atoms with Gasteiger partial charge in [0.15, 0.2) is 11.9 Å². The molecule has 5 heteroatoms. The van der Waals surface area contributed by atoms with Gasteiger partial charge in [0.25, 0.3) is 0 Å². The molecule has 4 aliphatic rings. The first-order chi connectivity index (χ1) is 9.56. The number of aliphatic hydroxyl groups is 1. The van der Waals surface area contributed by atoms with E-state index in [0.29, 0.717) is 12.3 Å². The Morgan fingerprint density at radius 2 is 2.10 bits per heavy atom. The summed E-state index contributed by atoms with van der Waals surface area (Å²) in [6.07, 6.45) is 4.59. The van der Waals surface area contributed by atoms with Crippen LogP contribution in [-0.2, 0) is 19.2 Å². The molecular formula is C15H26O5. The van der Waals surface area contributed by atoms with Crippen LogP contribution in [0.5, 0.6) is 0 Å². The molecule has 20 heavy (non-hydrogen) atoms. The van der Waals surface area contributed by atoms with E-state index in [9.17, 15) is 5.11 Å². The number of fused-ring (bicyclic) bond motifs is 3. The van der Waals surface area contributed by atoms with E-state index in [4.69, 9.17) is 19.2 Å². The monoisotopic (exact) mass is 286 g/mol. The standard InChI is InChI=1S/C15H26O5/c1-10-9-12-6-4-5-11(7-8-16)15(12)13(17-3)18-14(10,2)19-20-15/h10-13,16H,4-9H2,1-3H3/t10?,11-,12+,13-,14-,15?/m0/s1. The molecule has 6 atom stereocenters. The molecule has 0 radical (unpaired) electrons. The van der Waals surface area contributed by atoms with Crippen molar-refractivity contribution in [1.82, 2.24) is 0 Å². The van der Waals surface area contributed by atoms with Crippen molar-refractivity contribution >= 4 is 0 Å². The number of methoxy groups -OCH3 is 1. The summed E-state index contributed by atoms with van der Waals surface area (Å²) in [5.74, 6) is 0.0815. The lowest BCUT2D eigenvalue weighted by Gasteiger charge is -2.53. The first-order valence-corrected chi connectivity index (χ1v) is 7.75. The fraction of sp³-hybridized carbons (Fsp3) is 1.00. The average Bonchev–Trinajstić information content (AvgIpc) is 2.61. The van der Waals surface area contributed by atoms with Gasteiger partial charge >= 0.3 is 0 Å². The highest BCUT2D eigenvalue weighted by Gasteiger charge is 2.65. The van der Waals surface area contributed by atoms with Gasteiger partial charge in [0.2, 0.25) is 5.79 Å². The molecule has 5 nitrogen and oxygen atoms in total. The van der Waals surface area contributed by atoms with E-state index in [0.717, 1.165) is 19.3 Å². The number of hydrogen-bond acceptors (Lipinski definition) is 5. The Morgan fingerprint density at radius 3 is 2.80 bits per heavy atom. The van der Waals surface area contributed by atoms with Crippen LogP contribution < -0.4 is 0 Å². The van der Waals surface area contributed by atoms with E-state index in [1.54, 1.807) is 7.11 Å². The SMILES string of the molecule is CO[C@H]1O[C@@]2(C)OOC13[C@H](CCO)CCC[C@@H]3CC2C. The summed E-state index contributed by atoms with van der Waals surface area (Å²) < 4.78 is 11.8. The molecule has 3 heterocycles. The van der Waals surface area contributed by atoms with Crippen LogP contribution >= 0.6 is 0 Å². The molecule has 4 fully saturated rings. The maximum absolute atomic E-state index is 9.39. The van der Waals surface area contributed by atoms with Crippen molar-refractivity contribution < 1.29 is 24.4 Å². The Labute approximate surface area is 120 Å². The second-order valence-electron chi connectivity index (χ2n) is 6.70. The predicted octanol–water partition coefficient (Wildman–Crippen LogP) is 2.23. The zero-order chi connectivity index (χ0) is 14.4. The molecule has 2 unspecified atom stereocenters. The lowest BCUT2D eigenvalue weighted by Crippen LogP contribution is -2.63. The van der Waals surface area contributed by atoms with Gasteiger partial charge in [0, 0.05) is 19.6 Å². The van der Waals surface area contributed by atoms with Crippen LogP contribution in [-0.4, -0.2) is 36.5 Å². The van der Waals surface area contributed by atoms with Crippen molar-refractivity contribution in [2.45, 2.75) is 63.6 Å². The minimum Gasteiger partial charge on any atom is -0.396 e. The molecule has 0 aromatic rings. The lowest BCUT2D eigenvalue weighted by molar-refractivity contribution is -0.560. The Balaban J connectivity index is 2.00. The molecule has 1 N–H and O–H groups in total. The molecule has 1 aliphatic carbocycles. The highest BCUT2D eigenvalue weighted by Crippen LogP contribution is 2.56. The van der Waals surface area contributed by atoms with Crippen LogP contribution in [0.15, 0.2) is 0 Å². The summed E-state index contributed by atoms with van der Waals surface area (Å²) in [5.41, 5.74) is -0.569. The van der Waals surface area contributed by atoms with Crippen LogP contribution in [0.25, 0.3) is 0 Å². The number of aliphatic hydroxyl groups excluding tert-OH is 1. The predicted molar refractivity (Wildman–Crippen MR) is 71.5 cm³/mol. The third kappa shape index (κ3) is 1.95. The van der Waals surface area contributed by atoms with Gasteiger partial charge < -0.3 is 14.6 Å². The van der Waals surface area contributed by atoms with Gasteiger partial charge in [-0.3, -0.25) is 0 Å². The van der Waals surface area contributed by atoms with Crippen molar-refractivity contribution in [2.24, 2.45) is 17.8 Å². The van der Waals surface area contributed by atoms with Gasteiger partial charge in [-0.2, -0.15) is 0 Å². The van der Waals surface area contributed by atoms with Gasteiger partial charge in [-0.25, -0.2) is 9.78 Å². The largest absolute Gasteiger partial charge is 0.396 e. The normalized spacial score (nSPS) is 51.6. The van der Waals surface area contributed by atoms with Gasteiger partial charge in [-0.1, -0.05) is 13.3 Å². The molecule has 1 saturated carbocycles. The third-order valence-electron chi connectivity index (χ3n) is 5.67. The third-order valence-corrected chi connectivity index (χ3v) is 5.67. The van der Waals surface area contributed by atoms with Gasteiger partial charge in [-0.05, 0) is 44.4 Å². The summed E-state index contributed by atoms with van der Waals surface area (Å²) in [5, 5.41) is 9.39. The quantitative estimate of drug-likeness (QED) is 0.806. The molecule has 116 valence electrons. The summed E-state index contributed by atoms with van der Waals surface area (Å²) >= 11 is 0. The van der Waals surface area contributed by atoms with Gasteiger partial charge in [0.1, 0.15) is 0 Å². The summed E-state index contributed by atoms with van der Waals surface area (Å²) in [7, 11) is 1.67. The molecule has 0 aromatic carbocycles. The zero-order valence-electron chi connectivity index (χ0n) is 12.6. The minimum atomic E-state index is -0.743. The fourth-order valence-corrected chi connectivity index (χ4v) is 4.33. The average molecular weight is 286 g/mol. The Bertz CT molecular complexity index is 356. The summed E-state index contributed by atoms with van der Waals surface area (Å²) in [6.45, 7) is 4.23. The van der Waals surface area contributed by atoms with E-state index < -0.39 is 17.7 Å². The first kappa shape index (κ1) is 14.7. The maximum Gasteiger partial charge on any atom is 0.204 e. The summed E-state index contributed by atoms with van der Waals surface area (Å²) in [6, 6.07) is 0. The highest BCUT2D eigenvalue weighted by atomic mass is 17.3. The molecule has 0 aromatic heterocycles. The highest BCUT2D eigenvalue weighted by molar-refractivity contribution is 5.04. The van der Waals surface area contributed by atoms with Crippen LogP contribution in [0.4, 0.5) is 0 Å². The van der Waals surface area contributed by atoms with Crippen LogP contribution in [0, 0.1) is 17.8 Å². The van der Waals surface area contributed by atoms with Crippen molar-refractivity contribution in [3.8, 4) is 0 Å². The van der Waals surface area contributed by atoms with E-state index in [-0.39, 0.29) is 18.4 Å². The molecular weight excluding hydrogens is 260 g/mol.